The Morgan fingerprint density at radius 2 is 1.82 bits per heavy atom. The quantitative estimate of drug-likeness (QED) is 0.476. The summed E-state index contributed by atoms with van der Waals surface area (Å²) >= 11 is 6.90. The second-order valence-corrected chi connectivity index (χ2v) is 8.71. The van der Waals surface area contributed by atoms with Crippen LogP contribution in [0.25, 0.3) is 0 Å². The first-order valence-corrected chi connectivity index (χ1v) is 11.1. The van der Waals surface area contributed by atoms with E-state index in [-0.39, 0.29) is 10.7 Å². The SMILES string of the molecule is O=C(Nc1ccc(Cl)cc1)c1nnc([C@@H]2CCCN2C(=O)Nc2cccc(C(F)(F)F)c2)s1. The van der Waals surface area contributed by atoms with Gasteiger partial charge in [0.05, 0.1) is 11.6 Å². The van der Waals surface area contributed by atoms with Gasteiger partial charge in [-0.15, -0.1) is 10.2 Å². The normalized spacial score (nSPS) is 16.0. The third-order valence-electron chi connectivity index (χ3n) is 4.98. The van der Waals surface area contributed by atoms with Crippen molar-refractivity contribution in [3.05, 3.63) is 69.1 Å². The van der Waals surface area contributed by atoms with Crippen molar-refractivity contribution in [2.75, 3.05) is 17.2 Å². The minimum atomic E-state index is -4.51. The van der Waals surface area contributed by atoms with Crippen LogP contribution < -0.4 is 10.6 Å². The van der Waals surface area contributed by atoms with E-state index in [0.29, 0.717) is 35.1 Å². The van der Waals surface area contributed by atoms with Gasteiger partial charge in [-0.1, -0.05) is 29.0 Å². The molecule has 0 radical (unpaired) electrons. The van der Waals surface area contributed by atoms with Gasteiger partial charge in [0.1, 0.15) is 5.01 Å². The van der Waals surface area contributed by atoms with Crippen molar-refractivity contribution >= 4 is 46.3 Å². The first-order valence-electron chi connectivity index (χ1n) is 9.86. The number of nitrogens with one attached hydrogen (secondary N) is 2. The Morgan fingerprint density at radius 3 is 2.55 bits per heavy atom. The summed E-state index contributed by atoms with van der Waals surface area (Å²) < 4.78 is 38.8. The Balaban J connectivity index is 1.44. The number of benzene rings is 2. The standard InChI is InChI=1S/C21H17ClF3N5O2S/c22-13-6-8-14(9-7-13)26-17(31)19-29-28-18(33-19)16-5-2-10-30(16)20(32)27-15-4-1-3-12(11-15)21(23,24)25/h1,3-4,6-9,11,16H,2,5,10H2,(H,26,31)(H,27,32)/t16-/m0/s1. The van der Waals surface area contributed by atoms with E-state index < -0.39 is 29.7 Å². The number of likely N-dealkylation sites (tertiary alicyclic amines) is 1. The first-order chi connectivity index (χ1) is 15.7. The number of hydrogen-bond acceptors (Lipinski definition) is 5. The van der Waals surface area contributed by atoms with Gasteiger partial charge in [-0.05, 0) is 55.3 Å². The van der Waals surface area contributed by atoms with Crippen molar-refractivity contribution < 1.29 is 22.8 Å². The number of amides is 3. The molecule has 1 fully saturated rings. The van der Waals surface area contributed by atoms with Crippen LogP contribution in [0.2, 0.25) is 5.02 Å². The summed E-state index contributed by atoms with van der Waals surface area (Å²) in [7, 11) is 0. The third-order valence-corrected chi connectivity index (χ3v) is 6.25. The molecule has 2 N–H and O–H groups in total. The van der Waals surface area contributed by atoms with Crippen LogP contribution >= 0.6 is 22.9 Å². The highest BCUT2D eigenvalue weighted by Gasteiger charge is 2.34. The number of hydrogen-bond donors (Lipinski definition) is 2. The lowest BCUT2D eigenvalue weighted by Gasteiger charge is -2.23. The van der Waals surface area contributed by atoms with Crippen molar-refractivity contribution in [3.63, 3.8) is 0 Å². The summed E-state index contributed by atoms with van der Waals surface area (Å²) in [6, 6.07) is 10.1. The minimum absolute atomic E-state index is 0.0424. The van der Waals surface area contributed by atoms with E-state index in [9.17, 15) is 22.8 Å². The minimum Gasteiger partial charge on any atom is -0.320 e. The number of aromatic nitrogens is 2. The first kappa shape index (κ1) is 23.0. The molecule has 7 nitrogen and oxygen atoms in total. The van der Waals surface area contributed by atoms with Crippen molar-refractivity contribution in [3.8, 4) is 0 Å². The van der Waals surface area contributed by atoms with Gasteiger partial charge >= 0.3 is 12.2 Å². The summed E-state index contributed by atoms with van der Waals surface area (Å²) in [5.74, 6) is -0.445. The number of carbonyl (C=O) groups is 2. The molecule has 1 aromatic heterocycles. The molecule has 0 aliphatic carbocycles. The van der Waals surface area contributed by atoms with E-state index in [1.54, 1.807) is 24.3 Å². The van der Waals surface area contributed by atoms with Crippen molar-refractivity contribution in [1.82, 2.24) is 15.1 Å². The lowest BCUT2D eigenvalue weighted by atomic mass is 10.2. The number of urea groups is 1. The maximum Gasteiger partial charge on any atom is 0.416 e. The zero-order chi connectivity index (χ0) is 23.6. The van der Waals surface area contributed by atoms with E-state index in [4.69, 9.17) is 11.6 Å². The van der Waals surface area contributed by atoms with Crippen LogP contribution in [0.1, 0.15) is 39.3 Å². The van der Waals surface area contributed by atoms with Crippen LogP contribution in [0.5, 0.6) is 0 Å². The lowest BCUT2D eigenvalue weighted by molar-refractivity contribution is -0.137. The number of carbonyl (C=O) groups excluding carboxylic acids is 2. The fourth-order valence-electron chi connectivity index (χ4n) is 3.41. The Bertz CT molecular complexity index is 1170. The second-order valence-electron chi connectivity index (χ2n) is 7.27. The Morgan fingerprint density at radius 1 is 1.06 bits per heavy atom. The number of anilines is 2. The number of alkyl halides is 3. The monoisotopic (exact) mass is 495 g/mol. The van der Waals surface area contributed by atoms with Crippen LogP contribution in [-0.2, 0) is 6.18 Å². The van der Waals surface area contributed by atoms with E-state index in [0.717, 1.165) is 23.5 Å². The third kappa shape index (κ3) is 5.42. The Labute approximate surface area is 195 Å². The van der Waals surface area contributed by atoms with Gasteiger partial charge in [0.25, 0.3) is 5.91 Å². The van der Waals surface area contributed by atoms with Gasteiger partial charge in [0.2, 0.25) is 5.01 Å². The smallest absolute Gasteiger partial charge is 0.320 e. The predicted octanol–water partition coefficient (Wildman–Crippen LogP) is 5.83. The highest BCUT2D eigenvalue weighted by atomic mass is 35.5. The molecule has 4 rings (SSSR count). The lowest BCUT2D eigenvalue weighted by Crippen LogP contribution is -2.34. The molecular formula is C21H17ClF3N5O2S. The van der Waals surface area contributed by atoms with Gasteiger partial charge in [-0.25, -0.2) is 4.79 Å². The van der Waals surface area contributed by atoms with Crippen molar-refractivity contribution in [2.45, 2.75) is 25.1 Å². The zero-order valence-corrected chi connectivity index (χ0v) is 18.5. The highest BCUT2D eigenvalue weighted by molar-refractivity contribution is 7.13. The van der Waals surface area contributed by atoms with Crippen molar-refractivity contribution in [1.29, 1.82) is 0 Å². The molecule has 0 saturated carbocycles. The van der Waals surface area contributed by atoms with Crippen LogP contribution in [0.3, 0.4) is 0 Å². The molecule has 2 heterocycles. The molecule has 3 aromatic rings. The maximum absolute atomic E-state index is 12.9. The summed E-state index contributed by atoms with van der Waals surface area (Å²) in [5.41, 5.74) is -0.261. The molecule has 0 bridgehead atoms. The summed E-state index contributed by atoms with van der Waals surface area (Å²) in [6.45, 7) is 0.404. The summed E-state index contributed by atoms with van der Waals surface area (Å²) in [5, 5.41) is 14.4. The van der Waals surface area contributed by atoms with E-state index in [1.807, 2.05) is 0 Å². The molecule has 1 atom stereocenters. The van der Waals surface area contributed by atoms with Gasteiger partial charge < -0.3 is 15.5 Å². The molecule has 1 aliphatic rings. The van der Waals surface area contributed by atoms with Gasteiger partial charge in [0.15, 0.2) is 0 Å². The molecule has 2 aromatic carbocycles. The highest BCUT2D eigenvalue weighted by Crippen LogP contribution is 2.35. The topological polar surface area (TPSA) is 87.2 Å². The molecule has 1 saturated heterocycles. The number of rotatable bonds is 4. The van der Waals surface area contributed by atoms with E-state index in [2.05, 4.69) is 20.8 Å². The van der Waals surface area contributed by atoms with E-state index >= 15 is 0 Å². The number of halogens is 4. The van der Waals surface area contributed by atoms with Crippen LogP contribution in [0.4, 0.5) is 29.3 Å². The average Bonchev–Trinajstić information content (AvgIpc) is 3.44. The Hall–Kier alpha value is -3.18. The van der Waals surface area contributed by atoms with Crippen LogP contribution in [0, 0.1) is 0 Å². The van der Waals surface area contributed by atoms with Crippen LogP contribution in [0.15, 0.2) is 48.5 Å². The van der Waals surface area contributed by atoms with E-state index in [1.165, 1.54) is 17.0 Å². The largest absolute Gasteiger partial charge is 0.416 e. The second kappa shape index (κ2) is 9.36. The van der Waals surface area contributed by atoms with Crippen LogP contribution in [-0.4, -0.2) is 33.6 Å². The average molecular weight is 496 g/mol. The molecule has 0 spiro atoms. The molecule has 3 amide bonds. The van der Waals surface area contributed by atoms with Gasteiger partial charge in [-0.2, -0.15) is 13.2 Å². The maximum atomic E-state index is 12.9. The fourth-order valence-corrected chi connectivity index (χ4v) is 4.43. The molecule has 12 heteroatoms. The summed E-state index contributed by atoms with van der Waals surface area (Å²) in [4.78, 5) is 26.7. The molecule has 33 heavy (non-hydrogen) atoms. The molecular weight excluding hydrogens is 479 g/mol. The fraction of sp³-hybridized carbons (Fsp3) is 0.238. The van der Waals surface area contributed by atoms with Crippen molar-refractivity contribution in [2.24, 2.45) is 0 Å². The number of nitrogens with zero attached hydrogens (tertiary/aromatic N) is 3. The Kier molecular flexibility index (Phi) is 6.52. The summed E-state index contributed by atoms with van der Waals surface area (Å²) in [6.07, 6.45) is -3.22. The molecule has 172 valence electrons. The molecule has 0 unspecified atom stereocenters. The van der Waals surface area contributed by atoms with Gasteiger partial charge in [0, 0.05) is 22.9 Å². The predicted molar refractivity (Wildman–Crippen MR) is 118 cm³/mol. The zero-order valence-electron chi connectivity index (χ0n) is 16.9. The molecule has 1 aliphatic heterocycles. The van der Waals surface area contributed by atoms with Gasteiger partial charge in [-0.3, -0.25) is 4.79 Å².